The van der Waals surface area contributed by atoms with Gasteiger partial charge in [-0.15, -0.1) is 0 Å². The van der Waals surface area contributed by atoms with E-state index >= 15 is 0 Å². The molecular weight excluding hydrogens is 542 g/mol. The largest absolute Gasteiger partial charge is 0.310 e. The Balaban J connectivity index is 1.28. The summed E-state index contributed by atoms with van der Waals surface area (Å²) in [5, 5.41) is 4.93. The third kappa shape index (κ3) is 5.26. The van der Waals surface area contributed by atoms with Gasteiger partial charge in [0.1, 0.15) is 0 Å². The summed E-state index contributed by atoms with van der Waals surface area (Å²) in [5.74, 6) is 0. The molecule has 0 heterocycles. The van der Waals surface area contributed by atoms with Crippen molar-refractivity contribution < 1.29 is 0 Å². The zero-order valence-electron chi connectivity index (χ0n) is 24.8. The Hall–Kier alpha value is -5.92. The van der Waals surface area contributed by atoms with Crippen LogP contribution in [0.5, 0.6) is 0 Å². The highest BCUT2D eigenvalue weighted by Gasteiger charge is 2.17. The molecule has 45 heavy (non-hydrogen) atoms. The van der Waals surface area contributed by atoms with E-state index in [4.69, 9.17) is 0 Å². The van der Waals surface area contributed by atoms with Gasteiger partial charge < -0.3 is 4.90 Å². The molecule has 0 amide bonds. The van der Waals surface area contributed by atoms with E-state index in [1.807, 2.05) is 0 Å². The van der Waals surface area contributed by atoms with Gasteiger partial charge in [0.25, 0.3) is 0 Å². The normalized spacial score (nSPS) is 11.1. The van der Waals surface area contributed by atoms with Crippen LogP contribution in [0.4, 0.5) is 17.1 Å². The van der Waals surface area contributed by atoms with Crippen molar-refractivity contribution in [2.45, 2.75) is 0 Å². The predicted octanol–water partition coefficient (Wildman–Crippen LogP) is 12.5. The molecular formula is C44H31N. The van der Waals surface area contributed by atoms with E-state index in [1.54, 1.807) is 0 Å². The molecule has 8 rings (SSSR count). The highest BCUT2D eigenvalue weighted by atomic mass is 15.1. The van der Waals surface area contributed by atoms with Crippen LogP contribution in [-0.4, -0.2) is 0 Å². The molecule has 8 aromatic rings. The minimum atomic E-state index is 1.12. The average molecular weight is 574 g/mol. The van der Waals surface area contributed by atoms with E-state index in [-0.39, 0.29) is 0 Å². The van der Waals surface area contributed by atoms with Crippen LogP contribution < -0.4 is 4.90 Å². The maximum Gasteiger partial charge on any atom is 0.0540 e. The molecule has 0 atom stereocenters. The molecule has 0 aliphatic rings. The Kier molecular flexibility index (Phi) is 6.90. The van der Waals surface area contributed by atoms with Crippen molar-refractivity contribution in [3.05, 3.63) is 188 Å². The molecule has 1 heteroatoms. The van der Waals surface area contributed by atoms with Crippen molar-refractivity contribution in [1.29, 1.82) is 0 Å². The van der Waals surface area contributed by atoms with Gasteiger partial charge in [-0.2, -0.15) is 0 Å². The molecule has 1 nitrogen and oxygen atoms in total. The molecule has 0 unspecified atom stereocenters. The molecule has 0 fully saturated rings. The van der Waals surface area contributed by atoms with Gasteiger partial charge in [-0.3, -0.25) is 0 Å². The maximum absolute atomic E-state index is 2.40. The molecule has 0 N–H and O–H groups in total. The lowest BCUT2D eigenvalue weighted by Crippen LogP contribution is -2.10. The van der Waals surface area contributed by atoms with Crippen LogP contribution in [0.15, 0.2) is 188 Å². The van der Waals surface area contributed by atoms with Crippen molar-refractivity contribution in [3.63, 3.8) is 0 Å². The van der Waals surface area contributed by atoms with E-state index in [0.717, 1.165) is 17.1 Å². The maximum atomic E-state index is 2.40. The number of fused-ring (bicyclic) bond motifs is 2. The molecule has 0 aliphatic heterocycles. The highest BCUT2D eigenvalue weighted by molar-refractivity contribution is 5.99. The summed E-state index contributed by atoms with van der Waals surface area (Å²) < 4.78 is 0. The van der Waals surface area contributed by atoms with Crippen molar-refractivity contribution in [2.75, 3.05) is 4.90 Å². The number of hydrogen-bond acceptors (Lipinski definition) is 1. The molecule has 0 saturated heterocycles. The van der Waals surface area contributed by atoms with Crippen molar-refractivity contribution in [3.8, 4) is 33.4 Å². The van der Waals surface area contributed by atoms with Crippen LogP contribution in [0.1, 0.15) is 0 Å². The SMILES string of the molecule is c1ccc(-c2cccc(-c3cccc(N(c4cccc(-c5ccc6ccccc6c5)c4)c4cccc5ccccc45)c3)c2)cc1. The lowest BCUT2D eigenvalue weighted by atomic mass is 9.98. The number of hydrogen-bond donors (Lipinski definition) is 0. The van der Waals surface area contributed by atoms with Crippen LogP contribution >= 0.6 is 0 Å². The number of benzene rings is 8. The van der Waals surface area contributed by atoms with E-state index in [0.29, 0.717) is 0 Å². The molecule has 0 aliphatic carbocycles. The first kappa shape index (κ1) is 26.7. The summed E-state index contributed by atoms with van der Waals surface area (Å²) in [5.41, 5.74) is 10.6. The minimum Gasteiger partial charge on any atom is -0.310 e. The topological polar surface area (TPSA) is 3.24 Å². The van der Waals surface area contributed by atoms with Gasteiger partial charge in [-0.1, -0.05) is 146 Å². The first-order valence-corrected chi connectivity index (χ1v) is 15.4. The zero-order valence-corrected chi connectivity index (χ0v) is 24.8. The van der Waals surface area contributed by atoms with Crippen molar-refractivity contribution in [2.24, 2.45) is 0 Å². The third-order valence-electron chi connectivity index (χ3n) is 8.60. The number of anilines is 3. The highest BCUT2D eigenvalue weighted by Crippen LogP contribution is 2.41. The first-order valence-electron chi connectivity index (χ1n) is 15.4. The van der Waals surface area contributed by atoms with E-state index in [2.05, 4.69) is 193 Å². The second-order valence-electron chi connectivity index (χ2n) is 11.4. The Labute approximate surface area is 264 Å². The lowest BCUT2D eigenvalue weighted by molar-refractivity contribution is 1.30. The summed E-state index contributed by atoms with van der Waals surface area (Å²) in [6.07, 6.45) is 0. The Morgan fingerprint density at radius 1 is 0.267 bits per heavy atom. The summed E-state index contributed by atoms with van der Waals surface area (Å²) in [4.78, 5) is 2.40. The van der Waals surface area contributed by atoms with Gasteiger partial charge in [0, 0.05) is 16.8 Å². The minimum absolute atomic E-state index is 1.12. The quantitative estimate of drug-likeness (QED) is 0.191. The predicted molar refractivity (Wildman–Crippen MR) is 192 cm³/mol. The standard InChI is InChI=1S/C44H31N/c1-2-12-32(13-3-1)36-18-8-19-37(28-36)38-20-9-22-41(30-38)45(44-25-11-17-34-15-6-7-24-43(34)44)42-23-10-21-39(31-42)40-27-26-33-14-4-5-16-35(33)29-40/h1-31H. The van der Waals surface area contributed by atoms with Crippen LogP contribution in [0.2, 0.25) is 0 Å². The molecule has 0 radical (unpaired) electrons. The third-order valence-corrected chi connectivity index (χ3v) is 8.60. The average Bonchev–Trinajstić information content (AvgIpc) is 3.12. The lowest BCUT2D eigenvalue weighted by Gasteiger charge is -2.28. The Morgan fingerprint density at radius 2 is 0.756 bits per heavy atom. The second-order valence-corrected chi connectivity index (χ2v) is 11.4. The van der Waals surface area contributed by atoms with Gasteiger partial charge in [0.15, 0.2) is 0 Å². The Morgan fingerprint density at radius 3 is 1.49 bits per heavy atom. The van der Waals surface area contributed by atoms with Gasteiger partial charge in [-0.05, 0) is 92.0 Å². The Bertz CT molecular complexity index is 2280. The van der Waals surface area contributed by atoms with Gasteiger partial charge in [0.05, 0.1) is 5.69 Å². The van der Waals surface area contributed by atoms with Gasteiger partial charge in [-0.25, -0.2) is 0 Å². The van der Waals surface area contributed by atoms with Crippen molar-refractivity contribution >= 4 is 38.6 Å². The molecule has 0 aromatic heterocycles. The summed E-state index contributed by atoms with van der Waals surface area (Å²) in [6.45, 7) is 0. The monoisotopic (exact) mass is 573 g/mol. The van der Waals surface area contributed by atoms with Crippen LogP contribution in [-0.2, 0) is 0 Å². The molecule has 212 valence electrons. The van der Waals surface area contributed by atoms with Crippen LogP contribution in [0.25, 0.3) is 54.9 Å². The van der Waals surface area contributed by atoms with E-state index in [9.17, 15) is 0 Å². The molecule has 0 spiro atoms. The fourth-order valence-electron chi connectivity index (χ4n) is 6.36. The van der Waals surface area contributed by atoms with E-state index in [1.165, 1.54) is 54.9 Å². The summed E-state index contributed by atoms with van der Waals surface area (Å²) >= 11 is 0. The fraction of sp³-hybridized carbons (Fsp3) is 0. The van der Waals surface area contributed by atoms with Crippen LogP contribution in [0.3, 0.4) is 0 Å². The van der Waals surface area contributed by atoms with Gasteiger partial charge in [0.2, 0.25) is 0 Å². The van der Waals surface area contributed by atoms with Crippen molar-refractivity contribution in [1.82, 2.24) is 0 Å². The van der Waals surface area contributed by atoms with Crippen LogP contribution in [0, 0.1) is 0 Å². The number of rotatable bonds is 6. The fourth-order valence-corrected chi connectivity index (χ4v) is 6.36. The summed E-state index contributed by atoms with van der Waals surface area (Å²) in [7, 11) is 0. The number of nitrogens with zero attached hydrogens (tertiary/aromatic N) is 1. The first-order chi connectivity index (χ1) is 22.3. The second kappa shape index (κ2) is 11.6. The smallest absolute Gasteiger partial charge is 0.0540 e. The van der Waals surface area contributed by atoms with Gasteiger partial charge >= 0.3 is 0 Å². The zero-order chi connectivity index (χ0) is 30.0. The van der Waals surface area contributed by atoms with E-state index < -0.39 is 0 Å². The summed E-state index contributed by atoms with van der Waals surface area (Å²) in [6, 6.07) is 67.7. The molecule has 0 saturated carbocycles. The molecule has 0 bridgehead atoms. The molecule has 8 aromatic carbocycles.